The van der Waals surface area contributed by atoms with Crippen LogP contribution in [0.25, 0.3) is 11.4 Å². The number of aromatic nitrogens is 3. The molecular weight excluding hydrogens is 396 g/mol. The number of hydrogen-bond donors (Lipinski definition) is 2. The Hall–Kier alpha value is -3.26. The van der Waals surface area contributed by atoms with Gasteiger partial charge in [-0.2, -0.15) is 4.98 Å². The van der Waals surface area contributed by atoms with Crippen LogP contribution in [-0.4, -0.2) is 42.4 Å². The zero-order valence-corrected chi connectivity index (χ0v) is 17.0. The Labute approximate surface area is 173 Å². The van der Waals surface area contributed by atoms with Crippen LogP contribution in [0, 0.1) is 0 Å². The summed E-state index contributed by atoms with van der Waals surface area (Å²) in [6.07, 6.45) is 0.789. The van der Waals surface area contributed by atoms with Gasteiger partial charge in [-0.1, -0.05) is 17.7 Å². The summed E-state index contributed by atoms with van der Waals surface area (Å²) in [5, 5.41) is 10.1. The Morgan fingerprint density at radius 1 is 1.07 bits per heavy atom. The number of anilines is 1. The van der Waals surface area contributed by atoms with Crippen LogP contribution in [0.1, 0.15) is 12.0 Å². The fourth-order valence-corrected chi connectivity index (χ4v) is 3.02. The SMILES string of the molecule is COc1ccc(-c2nc(NC(=O)CCc3ccc(OC)c(Cl)c3)n[nH]2)c(OC)c1. The van der Waals surface area contributed by atoms with Gasteiger partial charge in [-0.25, -0.2) is 0 Å². The number of methoxy groups -OCH3 is 3. The predicted octanol–water partition coefficient (Wildman–Crippen LogP) is 3.72. The van der Waals surface area contributed by atoms with Crippen molar-refractivity contribution < 1.29 is 19.0 Å². The molecule has 8 nitrogen and oxygen atoms in total. The van der Waals surface area contributed by atoms with Crippen molar-refractivity contribution in [2.75, 3.05) is 26.6 Å². The van der Waals surface area contributed by atoms with Crippen molar-refractivity contribution in [1.82, 2.24) is 15.2 Å². The number of rotatable bonds is 8. The largest absolute Gasteiger partial charge is 0.497 e. The Morgan fingerprint density at radius 2 is 1.86 bits per heavy atom. The first-order valence-electron chi connectivity index (χ1n) is 8.81. The zero-order chi connectivity index (χ0) is 20.8. The van der Waals surface area contributed by atoms with Crippen molar-refractivity contribution in [3.63, 3.8) is 0 Å². The van der Waals surface area contributed by atoms with E-state index in [4.69, 9.17) is 25.8 Å². The van der Waals surface area contributed by atoms with Gasteiger partial charge in [-0.05, 0) is 36.2 Å². The number of H-pyrrole nitrogens is 1. The second kappa shape index (κ2) is 9.29. The monoisotopic (exact) mass is 416 g/mol. The van der Waals surface area contributed by atoms with Crippen molar-refractivity contribution in [3.8, 4) is 28.6 Å². The van der Waals surface area contributed by atoms with Gasteiger partial charge >= 0.3 is 0 Å². The lowest BCUT2D eigenvalue weighted by Crippen LogP contribution is -2.13. The lowest BCUT2D eigenvalue weighted by molar-refractivity contribution is -0.116. The maximum Gasteiger partial charge on any atom is 0.249 e. The number of carbonyl (C=O) groups excluding carboxylic acids is 1. The van der Waals surface area contributed by atoms with Crippen molar-refractivity contribution in [2.45, 2.75) is 12.8 Å². The molecule has 0 saturated carbocycles. The molecule has 152 valence electrons. The van der Waals surface area contributed by atoms with Gasteiger partial charge in [0.1, 0.15) is 17.2 Å². The number of aromatic amines is 1. The van der Waals surface area contributed by atoms with Gasteiger partial charge in [0.25, 0.3) is 0 Å². The summed E-state index contributed by atoms with van der Waals surface area (Å²) >= 11 is 6.11. The third-order valence-corrected chi connectivity index (χ3v) is 4.55. The second-order valence-electron chi connectivity index (χ2n) is 6.09. The molecule has 0 aliphatic rings. The highest BCUT2D eigenvalue weighted by Crippen LogP contribution is 2.31. The Morgan fingerprint density at radius 3 is 2.55 bits per heavy atom. The molecule has 0 radical (unpaired) electrons. The fraction of sp³-hybridized carbons (Fsp3) is 0.250. The summed E-state index contributed by atoms with van der Waals surface area (Å²) in [5.41, 5.74) is 1.64. The minimum Gasteiger partial charge on any atom is -0.497 e. The molecule has 0 unspecified atom stereocenters. The van der Waals surface area contributed by atoms with E-state index in [1.54, 1.807) is 51.7 Å². The lowest BCUT2D eigenvalue weighted by atomic mass is 10.1. The zero-order valence-electron chi connectivity index (χ0n) is 16.3. The Bertz CT molecular complexity index is 1010. The quantitative estimate of drug-likeness (QED) is 0.580. The Balaban J connectivity index is 1.63. The molecule has 2 N–H and O–H groups in total. The number of nitrogens with zero attached hydrogens (tertiary/aromatic N) is 2. The van der Waals surface area contributed by atoms with E-state index in [2.05, 4.69) is 20.5 Å². The van der Waals surface area contributed by atoms with Gasteiger partial charge in [0.15, 0.2) is 5.82 Å². The number of ether oxygens (including phenoxy) is 3. The maximum atomic E-state index is 12.2. The van der Waals surface area contributed by atoms with Crippen molar-refractivity contribution in [3.05, 3.63) is 47.0 Å². The average molecular weight is 417 g/mol. The summed E-state index contributed by atoms with van der Waals surface area (Å²) in [6, 6.07) is 10.8. The summed E-state index contributed by atoms with van der Waals surface area (Å²) < 4.78 is 15.7. The molecule has 3 aromatic rings. The van der Waals surface area contributed by atoms with E-state index in [0.717, 1.165) is 5.56 Å². The van der Waals surface area contributed by atoms with Crippen LogP contribution in [0.5, 0.6) is 17.2 Å². The van der Waals surface area contributed by atoms with Crippen molar-refractivity contribution in [2.24, 2.45) is 0 Å². The molecule has 0 fully saturated rings. The van der Waals surface area contributed by atoms with Crippen LogP contribution in [-0.2, 0) is 11.2 Å². The predicted molar refractivity (Wildman–Crippen MR) is 110 cm³/mol. The summed E-state index contributed by atoms with van der Waals surface area (Å²) in [4.78, 5) is 16.6. The Kier molecular flexibility index (Phi) is 6.56. The van der Waals surface area contributed by atoms with Gasteiger partial charge in [0.2, 0.25) is 11.9 Å². The topological polar surface area (TPSA) is 98.4 Å². The smallest absolute Gasteiger partial charge is 0.249 e. The molecule has 0 atom stereocenters. The molecule has 3 rings (SSSR count). The van der Waals surface area contributed by atoms with E-state index >= 15 is 0 Å². The second-order valence-corrected chi connectivity index (χ2v) is 6.50. The van der Waals surface area contributed by atoms with Crippen molar-refractivity contribution >= 4 is 23.5 Å². The van der Waals surface area contributed by atoms with Crippen LogP contribution in [0.15, 0.2) is 36.4 Å². The molecule has 1 aromatic heterocycles. The van der Waals surface area contributed by atoms with E-state index < -0.39 is 0 Å². The minimum atomic E-state index is -0.204. The summed E-state index contributed by atoms with van der Waals surface area (Å²) in [6.45, 7) is 0. The van der Waals surface area contributed by atoms with Gasteiger partial charge in [0, 0.05) is 12.5 Å². The van der Waals surface area contributed by atoms with Gasteiger partial charge < -0.3 is 14.2 Å². The van der Waals surface area contributed by atoms with Gasteiger partial charge in [-0.15, -0.1) is 5.10 Å². The number of nitrogens with one attached hydrogen (secondary N) is 2. The van der Waals surface area contributed by atoms with Crippen LogP contribution >= 0.6 is 11.6 Å². The number of hydrogen-bond acceptors (Lipinski definition) is 6. The normalized spacial score (nSPS) is 10.5. The lowest BCUT2D eigenvalue weighted by Gasteiger charge is -2.07. The number of halogens is 1. The van der Waals surface area contributed by atoms with Crippen LogP contribution in [0.4, 0.5) is 5.95 Å². The molecule has 0 aliphatic carbocycles. The molecule has 9 heteroatoms. The first kappa shape index (κ1) is 20.5. The molecular formula is C20H21ClN4O4. The van der Waals surface area contributed by atoms with Crippen LogP contribution in [0.2, 0.25) is 5.02 Å². The molecule has 0 spiro atoms. The van der Waals surface area contributed by atoms with Crippen LogP contribution in [0.3, 0.4) is 0 Å². The molecule has 2 aromatic carbocycles. The van der Waals surface area contributed by atoms with Crippen LogP contribution < -0.4 is 19.5 Å². The standard InChI is InChI=1S/C20H21ClN4O4/c1-27-13-6-7-14(17(11-13)29-3)19-23-20(25-24-19)22-18(26)9-5-12-4-8-16(28-2)15(21)10-12/h4,6-8,10-11H,5,9H2,1-3H3,(H2,22,23,24,25,26). The number of benzene rings is 2. The molecule has 0 aliphatic heterocycles. The number of aryl methyl sites for hydroxylation is 1. The van der Waals surface area contributed by atoms with Gasteiger partial charge in [-0.3, -0.25) is 15.2 Å². The highest BCUT2D eigenvalue weighted by molar-refractivity contribution is 6.32. The van der Waals surface area contributed by atoms with E-state index in [-0.39, 0.29) is 18.3 Å². The fourth-order valence-electron chi connectivity index (χ4n) is 2.74. The molecule has 1 amide bonds. The van der Waals surface area contributed by atoms with E-state index in [1.807, 2.05) is 6.07 Å². The van der Waals surface area contributed by atoms with E-state index in [1.165, 1.54) is 0 Å². The molecule has 29 heavy (non-hydrogen) atoms. The average Bonchev–Trinajstić information content (AvgIpc) is 3.19. The summed E-state index contributed by atoms with van der Waals surface area (Å²) in [5.74, 6) is 2.30. The van der Waals surface area contributed by atoms with E-state index in [0.29, 0.717) is 40.1 Å². The van der Waals surface area contributed by atoms with Gasteiger partial charge in [0.05, 0.1) is 31.9 Å². The highest BCUT2D eigenvalue weighted by atomic mass is 35.5. The third kappa shape index (κ3) is 4.97. The highest BCUT2D eigenvalue weighted by Gasteiger charge is 2.14. The first-order valence-corrected chi connectivity index (χ1v) is 9.19. The molecule has 1 heterocycles. The maximum absolute atomic E-state index is 12.2. The first-order chi connectivity index (χ1) is 14.0. The number of carbonyl (C=O) groups is 1. The summed E-state index contributed by atoms with van der Waals surface area (Å²) in [7, 11) is 4.69. The molecule has 0 bridgehead atoms. The van der Waals surface area contributed by atoms with E-state index in [9.17, 15) is 4.79 Å². The van der Waals surface area contributed by atoms with Crippen molar-refractivity contribution in [1.29, 1.82) is 0 Å². The third-order valence-electron chi connectivity index (χ3n) is 4.26. The molecule has 0 saturated heterocycles. The number of amides is 1. The minimum absolute atomic E-state index is 0.190.